The van der Waals surface area contributed by atoms with E-state index < -0.39 is 17.5 Å². The van der Waals surface area contributed by atoms with Gasteiger partial charge in [-0.3, -0.25) is 9.59 Å². The molecule has 1 N–H and O–H groups in total. The summed E-state index contributed by atoms with van der Waals surface area (Å²) in [6.45, 7) is 6.99. The van der Waals surface area contributed by atoms with Crippen LogP contribution in [0.5, 0.6) is 5.75 Å². The standard InChI is InChI=1S/C22H24BrCl3N2O3/c1-13(21(30)27-22(2,3)4)28(11-15-16(24)6-5-7-17(15)25)20(29)12-31-19-9-8-14(23)10-18(19)26/h5-10,13H,11-12H2,1-4H3,(H,27,30)/t13-/m0/s1. The number of ether oxygens (including phenoxy) is 1. The lowest BCUT2D eigenvalue weighted by Crippen LogP contribution is -2.53. The molecule has 2 amide bonds. The first-order chi connectivity index (χ1) is 14.4. The zero-order valence-electron chi connectivity index (χ0n) is 17.6. The average molecular weight is 551 g/mol. The Morgan fingerprint density at radius 1 is 1.10 bits per heavy atom. The fourth-order valence-corrected chi connectivity index (χ4v) is 3.97. The Labute approximate surface area is 206 Å². The van der Waals surface area contributed by atoms with Gasteiger partial charge in [0.2, 0.25) is 5.91 Å². The minimum absolute atomic E-state index is 0.0491. The van der Waals surface area contributed by atoms with E-state index in [1.54, 1.807) is 43.3 Å². The topological polar surface area (TPSA) is 58.6 Å². The number of halogens is 4. The van der Waals surface area contributed by atoms with Gasteiger partial charge in [-0.1, -0.05) is 56.8 Å². The Bertz CT molecular complexity index is 943. The maximum Gasteiger partial charge on any atom is 0.261 e. The van der Waals surface area contributed by atoms with Crippen LogP contribution in [0.2, 0.25) is 15.1 Å². The Kier molecular flexibility index (Phi) is 9.07. The van der Waals surface area contributed by atoms with Crippen LogP contribution in [0.15, 0.2) is 40.9 Å². The smallest absolute Gasteiger partial charge is 0.261 e. The second kappa shape index (κ2) is 10.9. The van der Waals surface area contributed by atoms with Gasteiger partial charge in [0, 0.05) is 32.2 Å². The van der Waals surface area contributed by atoms with Crippen LogP contribution in [0.3, 0.4) is 0 Å². The molecule has 0 aliphatic rings. The summed E-state index contributed by atoms with van der Waals surface area (Å²) in [7, 11) is 0. The molecule has 1 atom stereocenters. The molecule has 0 saturated carbocycles. The van der Waals surface area contributed by atoms with Crippen molar-refractivity contribution in [1.82, 2.24) is 10.2 Å². The van der Waals surface area contributed by atoms with Crippen LogP contribution in [0, 0.1) is 0 Å². The first kappa shape index (κ1) is 25.8. The van der Waals surface area contributed by atoms with E-state index in [2.05, 4.69) is 21.2 Å². The molecule has 5 nitrogen and oxygen atoms in total. The van der Waals surface area contributed by atoms with E-state index in [0.717, 1.165) is 4.47 Å². The molecule has 0 saturated heterocycles. The predicted octanol–water partition coefficient (Wildman–Crippen LogP) is 6.12. The van der Waals surface area contributed by atoms with Gasteiger partial charge in [-0.05, 0) is 58.0 Å². The number of hydrogen-bond donors (Lipinski definition) is 1. The molecule has 0 aliphatic heterocycles. The Balaban J connectivity index is 2.27. The van der Waals surface area contributed by atoms with Crippen molar-refractivity contribution in [3.63, 3.8) is 0 Å². The van der Waals surface area contributed by atoms with E-state index in [9.17, 15) is 9.59 Å². The van der Waals surface area contributed by atoms with Crippen LogP contribution in [0.1, 0.15) is 33.3 Å². The van der Waals surface area contributed by atoms with Crippen molar-refractivity contribution >= 4 is 62.5 Å². The second-order valence-corrected chi connectivity index (χ2v) is 10.1. The Morgan fingerprint density at radius 2 is 1.71 bits per heavy atom. The minimum Gasteiger partial charge on any atom is -0.482 e. The van der Waals surface area contributed by atoms with E-state index in [-0.39, 0.29) is 19.1 Å². The van der Waals surface area contributed by atoms with Crippen LogP contribution in [0.25, 0.3) is 0 Å². The lowest BCUT2D eigenvalue weighted by atomic mass is 10.1. The number of benzene rings is 2. The average Bonchev–Trinajstić information content (AvgIpc) is 2.65. The highest BCUT2D eigenvalue weighted by Gasteiger charge is 2.29. The monoisotopic (exact) mass is 548 g/mol. The molecule has 0 aromatic heterocycles. The largest absolute Gasteiger partial charge is 0.482 e. The molecule has 0 bridgehead atoms. The highest BCUT2D eigenvalue weighted by Crippen LogP contribution is 2.29. The quantitative estimate of drug-likeness (QED) is 0.452. The molecule has 31 heavy (non-hydrogen) atoms. The van der Waals surface area contributed by atoms with Crippen molar-refractivity contribution in [2.24, 2.45) is 0 Å². The summed E-state index contributed by atoms with van der Waals surface area (Å²) >= 11 is 22.1. The van der Waals surface area contributed by atoms with Crippen molar-refractivity contribution in [2.75, 3.05) is 6.61 Å². The summed E-state index contributed by atoms with van der Waals surface area (Å²) in [4.78, 5) is 27.3. The van der Waals surface area contributed by atoms with E-state index >= 15 is 0 Å². The van der Waals surface area contributed by atoms with Crippen molar-refractivity contribution in [1.29, 1.82) is 0 Å². The summed E-state index contributed by atoms with van der Waals surface area (Å²) in [5.41, 5.74) is 0.0973. The third-order valence-electron chi connectivity index (χ3n) is 4.30. The summed E-state index contributed by atoms with van der Waals surface area (Å²) in [5.74, 6) is -0.349. The number of hydrogen-bond acceptors (Lipinski definition) is 3. The molecule has 0 heterocycles. The third kappa shape index (κ3) is 7.56. The van der Waals surface area contributed by atoms with Crippen LogP contribution in [-0.4, -0.2) is 34.9 Å². The van der Waals surface area contributed by atoms with Gasteiger partial charge in [-0.15, -0.1) is 0 Å². The van der Waals surface area contributed by atoms with Crippen LogP contribution in [0.4, 0.5) is 0 Å². The van der Waals surface area contributed by atoms with Crippen molar-refractivity contribution in [3.8, 4) is 5.75 Å². The lowest BCUT2D eigenvalue weighted by molar-refractivity contribution is -0.142. The first-order valence-electron chi connectivity index (χ1n) is 9.51. The minimum atomic E-state index is -0.789. The maximum absolute atomic E-state index is 13.1. The van der Waals surface area contributed by atoms with E-state index in [4.69, 9.17) is 39.5 Å². The van der Waals surface area contributed by atoms with Crippen molar-refractivity contribution < 1.29 is 14.3 Å². The number of nitrogens with one attached hydrogen (secondary N) is 1. The SMILES string of the molecule is C[C@@H](C(=O)NC(C)(C)C)N(Cc1c(Cl)cccc1Cl)C(=O)COc1ccc(Br)cc1Cl. The molecule has 9 heteroatoms. The maximum atomic E-state index is 13.1. The number of amides is 2. The highest BCUT2D eigenvalue weighted by molar-refractivity contribution is 9.10. The number of carbonyl (C=O) groups excluding carboxylic acids is 2. The molecular formula is C22H24BrCl3N2O3. The van der Waals surface area contributed by atoms with Gasteiger partial charge in [0.05, 0.1) is 5.02 Å². The lowest BCUT2D eigenvalue weighted by Gasteiger charge is -2.31. The normalized spacial score (nSPS) is 12.3. The molecule has 0 spiro atoms. The van der Waals surface area contributed by atoms with Crippen molar-refractivity contribution in [2.45, 2.75) is 45.8 Å². The van der Waals surface area contributed by atoms with Gasteiger partial charge in [0.25, 0.3) is 5.91 Å². The Morgan fingerprint density at radius 3 is 2.26 bits per heavy atom. The fraction of sp³-hybridized carbons (Fsp3) is 0.364. The van der Waals surface area contributed by atoms with Crippen LogP contribution >= 0.6 is 50.7 Å². The summed E-state index contributed by atoms with van der Waals surface area (Å²) < 4.78 is 6.41. The summed E-state index contributed by atoms with van der Waals surface area (Å²) in [6, 6.07) is 9.38. The predicted molar refractivity (Wildman–Crippen MR) is 129 cm³/mol. The van der Waals surface area contributed by atoms with Gasteiger partial charge in [-0.2, -0.15) is 0 Å². The molecule has 0 aliphatic carbocycles. The molecule has 2 aromatic carbocycles. The number of carbonyl (C=O) groups is 2. The molecule has 0 fully saturated rings. The van der Waals surface area contributed by atoms with Crippen molar-refractivity contribution in [3.05, 3.63) is 61.5 Å². The molecule has 0 unspecified atom stereocenters. The van der Waals surface area contributed by atoms with Gasteiger partial charge in [-0.25, -0.2) is 0 Å². The highest BCUT2D eigenvalue weighted by atomic mass is 79.9. The summed E-state index contributed by atoms with van der Waals surface area (Å²) in [6.07, 6.45) is 0. The summed E-state index contributed by atoms with van der Waals surface area (Å²) in [5, 5.41) is 4.07. The van der Waals surface area contributed by atoms with Gasteiger partial charge < -0.3 is 15.0 Å². The van der Waals surface area contributed by atoms with Gasteiger partial charge in [0.1, 0.15) is 11.8 Å². The van der Waals surface area contributed by atoms with Gasteiger partial charge >= 0.3 is 0 Å². The fourth-order valence-electron chi connectivity index (χ4n) is 2.73. The van der Waals surface area contributed by atoms with Crippen LogP contribution < -0.4 is 10.1 Å². The number of nitrogens with zero attached hydrogens (tertiary/aromatic N) is 1. The molecular weight excluding hydrogens is 527 g/mol. The van der Waals surface area contributed by atoms with Gasteiger partial charge in [0.15, 0.2) is 6.61 Å². The van der Waals surface area contributed by atoms with Crippen LogP contribution in [-0.2, 0) is 16.1 Å². The molecule has 168 valence electrons. The zero-order valence-corrected chi connectivity index (χ0v) is 21.5. The van der Waals surface area contributed by atoms with E-state index in [1.165, 1.54) is 4.90 Å². The first-order valence-corrected chi connectivity index (χ1v) is 11.4. The number of rotatable bonds is 7. The molecule has 2 aromatic rings. The molecule has 2 rings (SSSR count). The van der Waals surface area contributed by atoms with E-state index in [1.807, 2.05) is 20.8 Å². The molecule has 0 radical (unpaired) electrons. The second-order valence-electron chi connectivity index (χ2n) is 8.00. The van der Waals surface area contributed by atoms with E-state index in [0.29, 0.717) is 26.4 Å². The zero-order chi connectivity index (χ0) is 23.3. The Hall–Kier alpha value is -1.47. The third-order valence-corrected chi connectivity index (χ3v) is 5.80.